The molecule has 1 N–H and O–H groups in total. The van der Waals surface area contributed by atoms with Gasteiger partial charge >= 0.3 is 0 Å². The Morgan fingerprint density at radius 2 is 2.17 bits per heavy atom. The number of benzene rings is 1. The van der Waals surface area contributed by atoms with E-state index in [1.807, 2.05) is 0 Å². The zero-order valence-electron chi connectivity index (χ0n) is 6.14. The van der Waals surface area contributed by atoms with Gasteiger partial charge in [-0.3, -0.25) is 0 Å². The molecular formula is C9H6ClFO. The van der Waals surface area contributed by atoms with E-state index in [0.717, 1.165) is 0 Å². The predicted molar refractivity (Wildman–Crippen MR) is 45.4 cm³/mol. The van der Waals surface area contributed by atoms with E-state index < -0.39 is 5.82 Å². The Balaban J connectivity index is 3.01. The Morgan fingerprint density at radius 1 is 1.42 bits per heavy atom. The summed E-state index contributed by atoms with van der Waals surface area (Å²) in [5.74, 6) is 4.52. The van der Waals surface area contributed by atoms with E-state index in [2.05, 4.69) is 11.8 Å². The van der Waals surface area contributed by atoms with Gasteiger partial charge in [-0.25, -0.2) is 4.39 Å². The highest BCUT2D eigenvalue weighted by atomic mass is 35.5. The van der Waals surface area contributed by atoms with Gasteiger partial charge in [0.15, 0.2) is 0 Å². The van der Waals surface area contributed by atoms with Gasteiger partial charge in [-0.15, -0.1) is 0 Å². The van der Waals surface area contributed by atoms with Gasteiger partial charge in [0.2, 0.25) is 0 Å². The number of rotatable bonds is 0. The summed E-state index contributed by atoms with van der Waals surface area (Å²) in [6.07, 6.45) is 0. The second-order valence-electron chi connectivity index (χ2n) is 2.12. The number of aliphatic hydroxyl groups excluding tert-OH is 1. The third-order valence-corrected chi connectivity index (χ3v) is 1.39. The first-order valence-corrected chi connectivity index (χ1v) is 3.66. The Labute approximate surface area is 74.8 Å². The summed E-state index contributed by atoms with van der Waals surface area (Å²) in [6, 6.07) is 3.99. The first-order chi connectivity index (χ1) is 5.72. The summed E-state index contributed by atoms with van der Waals surface area (Å²) >= 11 is 5.56. The lowest BCUT2D eigenvalue weighted by Crippen LogP contribution is -1.80. The summed E-state index contributed by atoms with van der Waals surface area (Å²) < 4.78 is 12.6. The average Bonchev–Trinajstić information content (AvgIpc) is 1.99. The largest absolute Gasteiger partial charge is 0.384 e. The molecular weight excluding hydrogens is 179 g/mol. The van der Waals surface area contributed by atoms with Gasteiger partial charge in [-0.1, -0.05) is 23.4 Å². The smallest absolute Gasteiger partial charge is 0.125 e. The van der Waals surface area contributed by atoms with E-state index in [4.69, 9.17) is 16.7 Å². The predicted octanol–water partition coefficient (Wildman–Crippen LogP) is 1.82. The molecule has 0 aromatic heterocycles. The minimum atomic E-state index is -0.426. The van der Waals surface area contributed by atoms with Crippen molar-refractivity contribution >= 4 is 11.6 Å². The summed E-state index contributed by atoms with van der Waals surface area (Å²) in [4.78, 5) is 0. The lowest BCUT2D eigenvalue weighted by molar-refractivity contribution is 0.350. The Bertz CT molecular complexity index is 318. The first kappa shape index (κ1) is 9.05. The molecule has 0 spiro atoms. The van der Waals surface area contributed by atoms with Gasteiger partial charge < -0.3 is 5.11 Å². The fourth-order valence-corrected chi connectivity index (χ4v) is 0.989. The maximum atomic E-state index is 12.6. The van der Waals surface area contributed by atoms with Crippen LogP contribution in [0.25, 0.3) is 0 Å². The van der Waals surface area contributed by atoms with E-state index in [0.29, 0.717) is 10.6 Å². The molecule has 0 aliphatic heterocycles. The third kappa shape index (κ3) is 2.54. The standard InChI is InChI=1S/C9H6ClFO/c10-8-4-7(2-1-3-12)5-9(11)6-8/h4-6,12H,3H2. The lowest BCUT2D eigenvalue weighted by Gasteiger charge is -1.92. The molecule has 0 atom stereocenters. The van der Waals surface area contributed by atoms with Gasteiger partial charge in [-0.05, 0) is 18.2 Å². The van der Waals surface area contributed by atoms with Crippen LogP contribution in [0.4, 0.5) is 4.39 Å². The van der Waals surface area contributed by atoms with Crippen LogP contribution < -0.4 is 0 Å². The van der Waals surface area contributed by atoms with E-state index in [1.165, 1.54) is 18.2 Å². The van der Waals surface area contributed by atoms with Gasteiger partial charge in [-0.2, -0.15) is 0 Å². The van der Waals surface area contributed by atoms with Crippen molar-refractivity contribution in [2.45, 2.75) is 0 Å². The highest BCUT2D eigenvalue weighted by Gasteiger charge is 1.95. The van der Waals surface area contributed by atoms with Crippen LogP contribution in [0.15, 0.2) is 18.2 Å². The van der Waals surface area contributed by atoms with E-state index in [9.17, 15) is 4.39 Å². The highest BCUT2D eigenvalue weighted by molar-refractivity contribution is 6.30. The van der Waals surface area contributed by atoms with Crippen molar-refractivity contribution in [3.63, 3.8) is 0 Å². The summed E-state index contributed by atoms with van der Waals surface area (Å²) in [5, 5.41) is 8.67. The van der Waals surface area contributed by atoms with Crippen LogP contribution in [-0.2, 0) is 0 Å². The van der Waals surface area contributed by atoms with Crippen LogP contribution in [0.5, 0.6) is 0 Å². The van der Waals surface area contributed by atoms with Crippen molar-refractivity contribution in [1.29, 1.82) is 0 Å². The van der Waals surface area contributed by atoms with Crippen LogP contribution in [-0.4, -0.2) is 11.7 Å². The third-order valence-electron chi connectivity index (χ3n) is 1.17. The highest BCUT2D eigenvalue weighted by Crippen LogP contribution is 2.12. The van der Waals surface area contributed by atoms with Gasteiger partial charge in [0.05, 0.1) is 0 Å². The molecule has 0 heterocycles. The van der Waals surface area contributed by atoms with Crippen molar-refractivity contribution in [2.24, 2.45) is 0 Å². The molecule has 0 bridgehead atoms. The first-order valence-electron chi connectivity index (χ1n) is 3.28. The Hall–Kier alpha value is -1.04. The monoisotopic (exact) mass is 184 g/mol. The molecule has 1 rings (SSSR count). The molecule has 1 aromatic rings. The minimum absolute atomic E-state index is 0.242. The SMILES string of the molecule is OCC#Cc1cc(F)cc(Cl)c1. The summed E-state index contributed by atoms with van der Waals surface area (Å²) in [7, 11) is 0. The maximum Gasteiger partial charge on any atom is 0.125 e. The van der Waals surface area contributed by atoms with Crippen LogP contribution in [0, 0.1) is 17.7 Å². The van der Waals surface area contributed by atoms with Crippen molar-refractivity contribution < 1.29 is 9.50 Å². The molecule has 0 fully saturated rings. The number of hydrogen-bond acceptors (Lipinski definition) is 1. The van der Waals surface area contributed by atoms with Gasteiger partial charge in [0.1, 0.15) is 12.4 Å². The normalized spacial score (nSPS) is 8.92. The Morgan fingerprint density at radius 3 is 2.75 bits per heavy atom. The molecule has 0 saturated carbocycles. The maximum absolute atomic E-state index is 12.6. The van der Waals surface area contributed by atoms with Crippen LogP contribution in [0.2, 0.25) is 5.02 Å². The minimum Gasteiger partial charge on any atom is -0.384 e. The zero-order valence-corrected chi connectivity index (χ0v) is 6.90. The van der Waals surface area contributed by atoms with Crippen molar-refractivity contribution in [1.82, 2.24) is 0 Å². The van der Waals surface area contributed by atoms with Gasteiger partial charge in [0, 0.05) is 10.6 Å². The van der Waals surface area contributed by atoms with E-state index in [1.54, 1.807) is 0 Å². The van der Waals surface area contributed by atoms with Crippen molar-refractivity contribution in [3.05, 3.63) is 34.6 Å². The van der Waals surface area contributed by atoms with Gasteiger partial charge in [0.25, 0.3) is 0 Å². The zero-order chi connectivity index (χ0) is 8.97. The fraction of sp³-hybridized carbons (Fsp3) is 0.111. The molecule has 1 nitrogen and oxygen atoms in total. The topological polar surface area (TPSA) is 20.2 Å². The molecule has 0 unspecified atom stereocenters. The Kier molecular flexibility index (Phi) is 3.09. The number of halogens is 2. The lowest BCUT2D eigenvalue weighted by atomic mass is 10.2. The van der Waals surface area contributed by atoms with Crippen LogP contribution in [0.3, 0.4) is 0 Å². The summed E-state index contributed by atoms with van der Waals surface area (Å²) in [5.41, 5.74) is 0.467. The van der Waals surface area contributed by atoms with Crippen molar-refractivity contribution in [3.8, 4) is 11.8 Å². The average molecular weight is 185 g/mol. The fourth-order valence-electron chi connectivity index (χ4n) is 0.768. The molecule has 3 heteroatoms. The summed E-state index contributed by atoms with van der Waals surface area (Å²) in [6.45, 7) is -0.242. The molecule has 0 aliphatic carbocycles. The quantitative estimate of drug-likeness (QED) is 0.610. The number of hydrogen-bond donors (Lipinski definition) is 1. The van der Waals surface area contributed by atoms with Crippen LogP contribution >= 0.6 is 11.6 Å². The molecule has 0 radical (unpaired) electrons. The van der Waals surface area contributed by atoms with E-state index >= 15 is 0 Å². The van der Waals surface area contributed by atoms with E-state index in [-0.39, 0.29) is 6.61 Å². The molecule has 62 valence electrons. The number of aliphatic hydroxyl groups is 1. The van der Waals surface area contributed by atoms with Crippen molar-refractivity contribution in [2.75, 3.05) is 6.61 Å². The molecule has 0 aliphatic rings. The molecule has 0 amide bonds. The second-order valence-corrected chi connectivity index (χ2v) is 2.55. The molecule has 12 heavy (non-hydrogen) atoms. The second kappa shape index (κ2) is 4.10. The molecule has 1 aromatic carbocycles. The molecule has 0 saturated heterocycles. The van der Waals surface area contributed by atoms with Crippen LogP contribution in [0.1, 0.15) is 5.56 Å².